The Morgan fingerprint density at radius 1 is 0.886 bits per heavy atom. The number of likely N-dealkylation sites (tertiary alicyclic amines) is 2. The molecule has 5 fully saturated rings. The fourth-order valence-electron chi connectivity index (χ4n) is 6.21. The molecule has 9 heteroatoms. The van der Waals surface area contributed by atoms with Crippen LogP contribution in [0.3, 0.4) is 0 Å². The minimum absolute atomic E-state index is 0.205. The highest BCUT2D eigenvalue weighted by atomic mass is 16.2. The topological polar surface area (TPSA) is 95.8 Å². The van der Waals surface area contributed by atoms with E-state index in [0.717, 1.165) is 62.2 Å². The van der Waals surface area contributed by atoms with Crippen LogP contribution in [0.4, 0.5) is 4.79 Å². The number of rotatable bonds is 5. The van der Waals surface area contributed by atoms with Gasteiger partial charge in [0.25, 0.3) is 0 Å². The molecule has 3 saturated carbocycles. The monoisotopic (exact) mass is 470 g/mol. The van der Waals surface area contributed by atoms with E-state index in [-0.39, 0.29) is 6.03 Å². The molecule has 2 amide bonds. The summed E-state index contributed by atoms with van der Waals surface area (Å²) in [6, 6.07) is 8.77. The zero-order valence-electron chi connectivity index (χ0n) is 19.8. The molecule has 0 atom stereocenters. The van der Waals surface area contributed by atoms with Gasteiger partial charge in [-0.1, -0.05) is 12.1 Å². The maximum absolute atomic E-state index is 13.0. The first-order valence-corrected chi connectivity index (χ1v) is 13.1. The highest BCUT2D eigenvalue weighted by molar-refractivity contribution is 5.77. The summed E-state index contributed by atoms with van der Waals surface area (Å²) in [6.07, 6.45) is 8.95. The van der Waals surface area contributed by atoms with Gasteiger partial charge >= 0.3 is 6.03 Å². The minimum Gasteiger partial charge on any atom is -0.323 e. The van der Waals surface area contributed by atoms with Crippen LogP contribution in [-0.4, -0.2) is 72.0 Å². The van der Waals surface area contributed by atoms with Gasteiger partial charge in [0, 0.05) is 55.3 Å². The molecule has 3 aliphatic carbocycles. The molecule has 35 heavy (non-hydrogen) atoms. The Kier molecular flexibility index (Phi) is 4.09. The van der Waals surface area contributed by atoms with Crippen LogP contribution in [0.15, 0.2) is 30.6 Å². The van der Waals surface area contributed by atoms with Gasteiger partial charge in [-0.05, 0) is 56.2 Å². The fraction of sp³-hybridized carbons (Fsp3) is 0.577. The van der Waals surface area contributed by atoms with Gasteiger partial charge in [-0.2, -0.15) is 10.2 Å². The van der Waals surface area contributed by atoms with Crippen molar-refractivity contribution in [2.75, 3.05) is 26.2 Å². The predicted molar refractivity (Wildman–Crippen MR) is 127 cm³/mol. The molecule has 1 aromatic carbocycles. The van der Waals surface area contributed by atoms with Crippen molar-refractivity contribution in [2.45, 2.75) is 62.2 Å². The number of aromatic amines is 1. The maximum Gasteiger partial charge on any atom is 0.320 e. The van der Waals surface area contributed by atoms with Crippen LogP contribution in [0.2, 0.25) is 0 Å². The lowest BCUT2D eigenvalue weighted by atomic mass is 9.57. The van der Waals surface area contributed by atoms with E-state index in [1.165, 1.54) is 31.2 Å². The lowest BCUT2D eigenvalue weighted by Crippen LogP contribution is -2.67. The third kappa shape index (κ3) is 3.38. The summed E-state index contributed by atoms with van der Waals surface area (Å²) in [5, 5.41) is 12.2. The van der Waals surface area contributed by atoms with Gasteiger partial charge in [-0.3, -0.25) is 5.10 Å². The Balaban J connectivity index is 0.822. The van der Waals surface area contributed by atoms with Crippen LogP contribution in [0.25, 0.3) is 5.69 Å². The molecule has 2 saturated heterocycles. The molecule has 0 unspecified atom stereocenters. The Morgan fingerprint density at radius 3 is 2.34 bits per heavy atom. The third-order valence-electron chi connectivity index (χ3n) is 8.76. The summed E-state index contributed by atoms with van der Waals surface area (Å²) < 4.78 is 1.87. The van der Waals surface area contributed by atoms with Gasteiger partial charge in [0.15, 0.2) is 11.6 Å². The first-order chi connectivity index (χ1) is 17.1. The van der Waals surface area contributed by atoms with Crippen LogP contribution in [-0.2, 0) is 0 Å². The Morgan fingerprint density at radius 2 is 1.63 bits per heavy atom. The highest BCUT2D eigenvalue weighted by Crippen LogP contribution is 2.56. The highest BCUT2D eigenvalue weighted by Gasteiger charge is 2.56. The average Bonchev–Trinajstić information content (AvgIpc) is 3.72. The lowest BCUT2D eigenvalue weighted by molar-refractivity contribution is -0.0601. The number of carbonyl (C=O) groups excluding carboxylic acids is 1. The van der Waals surface area contributed by atoms with E-state index in [1.807, 2.05) is 20.8 Å². The number of amides is 2. The van der Waals surface area contributed by atoms with Crippen LogP contribution >= 0.6 is 0 Å². The number of nitrogens with zero attached hydrogens (tertiary/aromatic N) is 7. The summed E-state index contributed by atoms with van der Waals surface area (Å²) in [6.45, 7) is 3.39. The normalized spacial score (nSPS) is 23.8. The Bertz CT molecular complexity index is 1270. The number of hydrogen-bond donors (Lipinski definition) is 1. The fourth-order valence-corrected chi connectivity index (χ4v) is 6.21. The van der Waals surface area contributed by atoms with E-state index in [4.69, 9.17) is 4.98 Å². The van der Waals surface area contributed by atoms with E-state index in [9.17, 15) is 4.79 Å². The number of hydrogen-bond acceptors (Lipinski definition) is 5. The third-order valence-corrected chi connectivity index (χ3v) is 8.76. The molecule has 1 spiro atoms. The number of nitrogens with one attached hydrogen (secondary N) is 1. The van der Waals surface area contributed by atoms with Crippen molar-refractivity contribution in [1.82, 2.24) is 39.7 Å². The van der Waals surface area contributed by atoms with Crippen LogP contribution in [0.5, 0.6) is 0 Å². The first-order valence-electron chi connectivity index (χ1n) is 13.1. The van der Waals surface area contributed by atoms with Crippen molar-refractivity contribution in [3.63, 3.8) is 0 Å². The average molecular weight is 471 g/mol. The molecule has 0 radical (unpaired) electrons. The molecular formula is C26H30N8O. The van der Waals surface area contributed by atoms with E-state index in [1.54, 1.807) is 0 Å². The Labute approximate surface area is 203 Å². The number of H-pyrrole nitrogens is 1. The van der Waals surface area contributed by atoms with Crippen molar-refractivity contribution in [2.24, 2.45) is 5.41 Å². The Hall–Kier alpha value is -3.23. The molecular weight excluding hydrogens is 440 g/mol. The summed E-state index contributed by atoms with van der Waals surface area (Å²) in [5.41, 5.74) is 2.64. The molecule has 5 aliphatic rings. The molecule has 3 aromatic rings. The van der Waals surface area contributed by atoms with Gasteiger partial charge in [-0.25, -0.2) is 19.4 Å². The standard InChI is InChI=1S/C26H30N8O/c35-25(33-13-26(14-33)9-19(10-26)24-28-23(29-30-24)18-3-4-18)32-11-20(12-32)16-5-7-21(8-6-16)34-15-27-22(31-34)17-1-2-17/h5-8,15,17-20H,1-4,9-14H2,(H,28,29,30). The van der Waals surface area contributed by atoms with E-state index >= 15 is 0 Å². The first kappa shape index (κ1) is 20.0. The van der Waals surface area contributed by atoms with E-state index in [0.29, 0.717) is 29.1 Å². The second-order valence-corrected chi connectivity index (χ2v) is 11.6. The van der Waals surface area contributed by atoms with Crippen molar-refractivity contribution in [3.05, 3.63) is 53.6 Å². The molecule has 4 heterocycles. The second kappa shape index (κ2) is 7.15. The molecule has 180 valence electrons. The second-order valence-electron chi connectivity index (χ2n) is 11.6. The minimum atomic E-state index is 0.205. The predicted octanol–water partition coefficient (Wildman–Crippen LogP) is 3.54. The molecule has 9 nitrogen and oxygen atoms in total. The van der Waals surface area contributed by atoms with Crippen LogP contribution in [0.1, 0.15) is 85.2 Å². The SMILES string of the molecule is O=C(N1CC(c2ccc(-n3cnc(C4CC4)n3)cc2)C1)N1CC2(CC(c3n[nH]c(C4CC4)n3)C2)C1. The summed E-state index contributed by atoms with van der Waals surface area (Å²) in [7, 11) is 0. The van der Waals surface area contributed by atoms with Crippen LogP contribution in [0, 0.1) is 5.41 Å². The van der Waals surface area contributed by atoms with Gasteiger partial charge in [0.05, 0.1) is 5.69 Å². The van der Waals surface area contributed by atoms with Gasteiger partial charge in [0.2, 0.25) is 0 Å². The summed E-state index contributed by atoms with van der Waals surface area (Å²) in [5.74, 6) is 5.10. The van der Waals surface area contributed by atoms with Gasteiger partial charge in [-0.15, -0.1) is 0 Å². The van der Waals surface area contributed by atoms with Crippen molar-refractivity contribution in [3.8, 4) is 5.69 Å². The van der Waals surface area contributed by atoms with Crippen LogP contribution < -0.4 is 0 Å². The number of benzene rings is 1. The van der Waals surface area contributed by atoms with Gasteiger partial charge < -0.3 is 9.80 Å². The van der Waals surface area contributed by atoms with Crippen molar-refractivity contribution in [1.29, 1.82) is 0 Å². The largest absolute Gasteiger partial charge is 0.323 e. The van der Waals surface area contributed by atoms with E-state index in [2.05, 4.69) is 44.5 Å². The molecule has 2 aliphatic heterocycles. The maximum atomic E-state index is 13.0. The van der Waals surface area contributed by atoms with Crippen molar-refractivity contribution < 1.29 is 4.79 Å². The smallest absolute Gasteiger partial charge is 0.320 e. The zero-order chi connectivity index (χ0) is 23.1. The number of carbonyl (C=O) groups is 1. The quantitative estimate of drug-likeness (QED) is 0.615. The molecule has 1 N–H and O–H groups in total. The van der Waals surface area contributed by atoms with Crippen molar-refractivity contribution >= 4 is 6.03 Å². The summed E-state index contributed by atoms with van der Waals surface area (Å²) >= 11 is 0. The van der Waals surface area contributed by atoms with E-state index < -0.39 is 0 Å². The van der Waals surface area contributed by atoms with Gasteiger partial charge in [0.1, 0.15) is 12.2 Å². The zero-order valence-corrected chi connectivity index (χ0v) is 19.8. The summed E-state index contributed by atoms with van der Waals surface area (Å²) in [4.78, 5) is 26.2. The molecule has 8 rings (SSSR count). The number of urea groups is 1. The molecule has 0 bridgehead atoms. The number of aromatic nitrogens is 6. The lowest BCUT2D eigenvalue weighted by Gasteiger charge is -2.59. The molecule has 2 aromatic heterocycles.